The number of amides is 1. The summed E-state index contributed by atoms with van der Waals surface area (Å²) in [5.74, 6) is 0.277. The lowest BCUT2D eigenvalue weighted by Crippen LogP contribution is -2.45. The van der Waals surface area contributed by atoms with Gasteiger partial charge in [-0.2, -0.15) is 11.8 Å². The molecule has 22 heavy (non-hydrogen) atoms. The van der Waals surface area contributed by atoms with E-state index in [1.165, 1.54) is 5.56 Å². The number of halogens is 1. The van der Waals surface area contributed by atoms with Crippen molar-refractivity contribution in [2.75, 3.05) is 25.9 Å². The fourth-order valence-corrected chi connectivity index (χ4v) is 3.75. The van der Waals surface area contributed by atoms with Crippen molar-refractivity contribution in [3.05, 3.63) is 34.9 Å². The minimum absolute atomic E-state index is 0.277. The summed E-state index contributed by atoms with van der Waals surface area (Å²) >= 11 is 7.93. The molecule has 0 unspecified atom stereocenters. The van der Waals surface area contributed by atoms with Crippen molar-refractivity contribution in [1.82, 2.24) is 10.2 Å². The lowest BCUT2D eigenvalue weighted by Gasteiger charge is -2.33. The predicted octanol–water partition coefficient (Wildman–Crippen LogP) is 3.73. The van der Waals surface area contributed by atoms with E-state index in [2.05, 4.69) is 17.6 Å². The summed E-state index contributed by atoms with van der Waals surface area (Å²) in [5, 5.41) is 4.87. The number of nitrogens with one attached hydrogen (secondary N) is 1. The Labute approximate surface area is 142 Å². The van der Waals surface area contributed by atoms with Gasteiger partial charge >= 0.3 is 0 Å². The van der Waals surface area contributed by atoms with Crippen LogP contribution < -0.4 is 5.32 Å². The van der Waals surface area contributed by atoms with Crippen LogP contribution in [0.1, 0.15) is 37.0 Å². The minimum atomic E-state index is 0.277. The number of benzene rings is 1. The quantitative estimate of drug-likeness (QED) is 0.856. The molecule has 1 aliphatic heterocycles. The molecule has 3 nitrogen and oxygen atoms in total. The lowest BCUT2D eigenvalue weighted by atomic mass is 10.0. The monoisotopic (exact) mass is 340 g/mol. The van der Waals surface area contributed by atoms with Gasteiger partial charge in [0.25, 0.3) is 0 Å². The Hall–Kier alpha value is -0.710. The molecule has 1 atom stereocenters. The first-order valence-electron chi connectivity index (χ1n) is 7.93. The molecule has 1 aliphatic rings. The Morgan fingerprint density at radius 1 is 1.45 bits per heavy atom. The zero-order valence-corrected chi connectivity index (χ0v) is 14.9. The van der Waals surface area contributed by atoms with Crippen molar-refractivity contribution in [2.45, 2.75) is 37.5 Å². The molecule has 2 rings (SSSR count). The van der Waals surface area contributed by atoms with Crippen LogP contribution in [0.3, 0.4) is 0 Å². The van der Waals surface area contributed by atoms with Gasteiger partial charge in [0.1, 0.15) is 0 Å². The Balaban J connectivity index is 1.81. The van der Waals surface area contributed by atoms with Gasteiger partial charge in [-0.3, -0.25) is 4.79 Å². The number of carbonyl (C=O) groups excluding carboxylic acids is 1. The molecule has 1 heterocycles. The largest absolute Gasteiger partial charge is 0.343 e. The van der Waals surface area contributed by atoms with Crippen LogP contribution in [0.4, 0.5) is 0 Å². The van der Waals surface area contributed by atoms with Crippen LogP contribution in [0.15, 0.2) is 24.3 Å². The molecule has 0 saturated carbocycles. The van der Waals surface area contributed by atoms with Gasteiger partial charge in [0, 0.05) is 42.4 Å². The molecule has 0 radical (unpaired) electrons. The first kappa shape index (κ1) is 17.6. The van der Waals surface area contributed by atoms with Gasteiger partial charge in [0.05, 0.1) is 0 Å². The summed E-state index contributed by atoms with van der Waals surface area (Å²) in [6, 6.07) is 8.62. The summed E-state index contributed by atoms with van der Waals surface area (Å²) in [6.07, 6.45) is 4.84. The standard InChI is InChI=1S/C17H25ClN2OS/c1-3-17(21)20-9-7-15(8-10-20)19-12-16(22-2)13-5-4-6-14(18)11-13/h4-6,11,15-16,19H,3,7-10,12H2,1-2H3/t16-/m1/s1. The molecule has 0 aliphatic carbocycles. The van der Waals surface area contributed by atoms with Crippen LogP contribution in [0.5, 0.6) is 0 Å². The van der Waals surface area contributed by atoms with E-state index in [4.69, 9.17) is 11.6 Å². The van der Waals surface area contributed by atoms with E-state index in [0.29, 0.717) is 17.7 Å². The van der Waals surface area contributed by atoms with Crippen LogP contribution in [0.25, 0.3) is 0 Å². The maximum Gasteiger partial charge on any atom is 0.222 e. The number of likely N-dealkylation sites (tertiary alicyclic amines) is 1. The van der Waals surface area contributed by atoms with Gasteiger partial charge in [0.2, 0.25) is 5.91 Å². The van der Waals surface area contributed by atoms with E-state index < -0.39 is 0 Å². The van der Waals surface area contributed by atoms with Gasteiger partial charge in [-0.25, -0.2) is 0 Å². The maximum atomic E-state index is 11.7. The number of hydrogen-bond acceptors (Lipinski definition) is 3. The summed E-state index contributed by atoms with van der Waals surface area (Å²) < 4.78 is 0. The third-order valence-corrected chi connectivity index (χ3v) is 5.49. The van der Waals surface area contributed by atoms with E-state index in [1.807, 2.05) is 41.8 Å². The molecule has 1 saturated heterocycles. The molecule has 0 spiro atoms. The second-order valence-corrected chi connectivity index (χ2v) is 7.17. The first-order chi connectivity index (χ1) is 10.6. The van der Waals surface area contributed by atoms with E-state index in [9.17, 15) is 4.79 Å². The number of nitrogens with zero attached hydrogens (tertiary/aromatic N) is 1. The lowest BCUT2D eigenvalue weighted by molar-refractivity contribution is -0.131. The second kappa shape index (κ2) is 8.80. The summed E-state index contributed by atoms with van der Waals surface area (Å²) in [6.45, 7) is 4.63. The topological polar surface area (TPSA) is 32.3 Å². The maximum absolute atomic E-state index is 11.7. The number of thioether (sulfide) groups is 1. The van der Waals surface area contributed by atoms with E-state index >= 15 is 0 Å². The Bertz CT molecular complexity index is 489. The number of rotatable bonds is 6. The van der Waals surface area contributed by atoms with Crippen molar-refractivity contribution in [1.29, 1.82) is 0 Å². The predicted molar refractivity (Wildman–Crippen MR) is 95.6 cm³/mol. The normalized spacial score (nSPS) is 17.5. The molecule has 1 aromatic carbocycles. The molecule has 0 bridgehead atoms. The second-order valence-electron chi connectivity index (χ2n) is 5.70. The third-order valence-electron chi connectivity index (χ3n) is 4.25. The number of piperidine rings is 1. The highest BCUT2D eigenvalue weighted by atomic mass is 35.5. The zero-order valence-electron chi connectivity index (χ0n) is 13.3. The van der Waals surface area contributed by atoms with E-state index in [0.717, 1.165) is 37.5 Å². The van der Waals surface area contributed by atoms with Crippen LogP contribution >= 0.6 is 23.4 Å². The molecule has 1 amide bonds. The van der Waals surface area contributed by atoms with Crippen LogP contribution in [0, 0.1) is 0 Å². The van der Waals surface area contributed by atoms with Crippen molar-refractivity contribution in [3.8, 4) is 0 Å². The van der Waals surface area contributed by atoms with Gasteiger partial charge < -0.3 is 10.2 Å². The Morgan fingerprint density at radius 2 is 2.18 bits per heavy atom. The molecular formula is C17H25ClN2OS. The smallest absolute Gasteiger partial charge is 0.222 e. The molecule has 5 heteroatoms. The molecule has 1 aromatic rings. The van der Waals surface area contributed by atoms with Crippen molar-refractivity contribution in [2.24, 2.45) is 0 Å². The highest BCUT2D eigenvalue weighted by Crippen LogP contribution is 2.28. The molecular weight excluding hydrogens is 316 g/mol. The van der Waals surface area contributed by atoms with Gasteiger partial charge in [-0.05, 0) is 36.8 Å². The molecule has 122 valence electrons. The van der Waals surface area contributed by atoms with Gasteiger partial charge in [-0.15, -0.1) is 0 Å². The molecule has 0 aromatic heterocycles. The minimum Gasteiger partial charge on any atom is -0.343 e. The highest BCUT2D eigenvalue weighted by Gasteiger charge is 2.22. The molecule has 1 N–H and O–H groups in total. The van der Waals surface area contributed by atoms with Crippen LogP contribution in [0.2, 0.25) is 5.02 Å². The third kappa shape index (κ3) is 4.90. The van der Waals surface area contributed by atoms with Crippen molar-refractivity contribution >= 4 is 29.3 Å². The van der Waals surface area contributed by atoms with Gasteiger partial charge in [-0.1, -0.05) is 30.7 Å². The average molecular weight is 341 g/mol. The average Bonchev–Trinajstić information content (AvgIpc) is 2.55. The molecule has 1 fully saturated rings. The van der Waals surface area contributed by atoms with E-state index in [-0.39, 0.29) is 5.91 Å². The fourth-order valence-electron chi connectivity index (χ4n) is 2.87. The van der Waals surface area contributed by atoms with Crippen molar-refractivity contribution in [3.63, 3.8) is 0 Å². The highest BCUT2D eigenvalue weighted by molar-refractivity contribution is 7.98. The first-order valence-corrected chi connectivity index (χ1v) is 9.60. The SMILES string of the molecule is CCC(=O)N1CCC(NC[C@@H](SC)c2cccc(Cl)c2)CC1. The zero-order chi connectivity index (χ0) is 15.9. The fraction of sp³-hybridized carbons (Fsp3) is 0.588. The number of carbonyl (C=O) groups is 1. The van der Waals surface area contributed by atoms with E-state index in [1.54, 1.807) is 0 Å². The van der Waals surface area contributed by atoms with Crippen LogP contribution in [-0.2, 0) is 4.79 Å². The van der Waals surface area contributed by atoms with Crippen LogP contribution in [-0.4, -0.2) is 42.7 Å². The summed E-state index contributed by atoms with van der Waals surface area (Å²) in [5.41, 5.74) is 1.27. The summed E-state index contributed by atoms with van der Waals surface area (Å²) in [7, 11) is 0. The number of hydrogen-bond donors (Lipinski definition) is 1. The van der Waals surface area contributed by atoms with Gasteiger partial charge in [0.15, 0.2) is 0 Å². The van der Waals surface area contributed by atoms with Crippen molar-refractivity contribution < 1.29 is 4.79 Å². The Morgan fingerprint density at radius 3 is 2.77 bits per heavy atom. The summed E-state index contributed by atoms with van der Waals surface area (Å²) in [4.78, 5) is 13.7. The Kier molecular flexibility index (Phi) is 7.06.